The van der Waals surface area contributed by atoms with Crippen LogP contribution in [0.2, 0.25) is 0 Å². The Morgan fingerprint density at radius 3 is 2.43 bits per heavy atom. The third-order valence-corrected chi connectivity index (χ3v) is 7.45. The van der Waals surface area contributed by atoms with Crippen LogP contribution in [0.15, 0.2) is 59.5 Å². The molecule has 2 aromatic carbocycles. The van der Waals surface area contributed by atoms with E-state index in [-0.39, 0.29) is 23.1 Å². The first-order valence-corrected chi connectivity index (χ1v) is 12.0. The Bertz CT molecular complexity index is 1390. The zero-order valence-corrected chi connectivity index (χ0v) is 19.5. The number of halogens is 3. The third-order valence-electron chi connectivity index (χ3n) is 5.67. The molecular formula is C24H21F3N2O5S. The Hall–Kier alpha value is -3.60. The van der Waals surface area contributed by atoms with E-state index in [0.717, 1.165) is 12.1 Å². The van der Waals surface area contributed by atoms with Crippen LogP contribution in [0.25, 0.3) is 11.3 Å². The van der Waals surface area contributed by atoms with Crippen molar-refractivity contribution in [1.29, 1.82) is 0 Å². The number of carboxylic acids is 1. The Morgan fingerprint density at radius 2 is 1.83 bits per heavy atom. The van der Waals surface area contributed by atoms with Gasteiger partial charge >= 0.3 is 12.1 Å². The summed E-state index contributed by atoms with van der Waals surface area (Å²) in [7, 11) is -3.96. The van der Waals surface area contributed by atoms with E-state index in [1.54, 1.807) is 19.1 Å². The highest BCUT2D eigenvalue weighted by Gasteiger charge is 2.36. The standard InChI is InChI=1S/C24H21F3N2O5S/c1-14-11-18(7-10-21(14)34-13-22(30)31)35(32,33)29-12-15(2)23-20(29)9-8-19(28-23)16-3-5-17(6-4-16)24(25,26)27/h3-11,15H,12-13H2,1-2H3,(H,30,31). The van der Waals surface area contributed by atoms with Gasteiger partial charge in [0.05, 0.1) is 27.5 Å². The summed E-state index contributed by atoms with van der Waals surface area (Å²) >= 11 is 0. The molecule has 3 aromatic rings. The normalized spacial score (nSPS) is 15.7. The van der Waals surface area contributed by atoms with Gasteiger partial charge in [-0.2, -0.15) is 13.2 Å². The van der Waals surface area contributed by atoms with Crippen LogP contribution in [-0.4, -0.2) is 37.6 Å². The van der Waals surface area contributed by atoms with E-state index in [9.17, 15) is 26.4 Å². The lowest BCUT2D eigenvalue weighted by molar-refractivity contribution is -0.139. The van der Waals surface area contributed by atoms with Crippen molar-refractivity contribution in [2.75, 3.05) is 17.5 Å². The highest BCUT2D eigenvalue weighted by Crippen LogP contribution is 2.40. The van der Waals surface area contributed by atoms with E-state index in [4.69, 9.17) is 9.84 Å². The number of anilines is 1. The number of carboxylic acid groups (broad SMARTS) is 1. The fourth-order valence-electron chi connectivity index (χ4n) is 3.90. The minimum atomic E-state index is -4.44. The van der Waals surface area contributed by atoms with Gasteiger partial charge in [0.15, 0.2) is 6.61 Å². The van der Waals surface area contributed by atoms with Crippen molar-refractivity contribution in [2.45, 2.75) is 30.8 Å². The number of aliphatic carboxylic acids is 1. The van der Waals surface area contributed by atoms with Crippen LogP contribution in [0.4, 0.5) is 18.9 Å². The second-order valence-corrected chi connectivity index (χ2v) is 10.1. The first kappa shape index (κ1) is 24.5. The Balaban J connectivity index is 1.63. The molecule has 0 bridgehead atoms. The van der Waals surface area contributed by atoms with Gasteiger partial charge in [0.25, 0.3) is 10.0 Å². The first-order valence-electron chi connectivity index (χ1n) is 10.5. The lowest BCUT2D eigenvalue weighted by Crippen LogP contribution is -2.29. The van der Waals surface area contributed by atoms with Gasteiger partial charge in [0.2, 0.25) is 0 Å². The summed E-state index contributed by atoms with van der Waals surface area (Å²) in [5.74, 6) is -1.12. The first-order chi connectivity index (χ1) is 16.4. The Labute approximate surface area is 199 Å². The molecule has 11 heteroatoms. The summed E-state index contributed by atoms with van der Waals surface area (Å²) in [6.07, 6.45) is -4.44. The monoisotopic (exact) mass is 506 g/mol. The SMILES string of the molecule is Cc1cc(S(=O)(=O)N2CC(C)c3nc(-c4ccc(C(F)(F)F)cc4)ccc32)ccc1OCC(=O)O. The molecule has 0 fully saturated rings. The fourth-order valence-corrected chi connectivity index (χ4v) is 5.56. The molecule has 35 heavy (non-hydrogen) atoms. The van der Waals surface area contributed by atoms with Gasteiger partial charge in [-0.15, -0.1) is 0 Å². The number of sulfonamides is 1. The predicted molar refractivity (Wildman–Crippen MR) is 122 cm³/mol. The number of aryl methyl sites for hydroxylation is 1. The lowest BCUT2D eigenvalue weighted by Gasteiger charge is -2.20. The van der Waals surface area contributed by atoms with Gasteiger partial charge < -0.3 is 9.84 Å². The summed E-state index contributed by atoms with van der Waals surface area (Å²) in [5, 5.41) is 8.77. The highest BCUT2D eigenvalue weighted by atomic mass is 32.2. The summed E-state index contributed by atoms with van der Waals surface area (Å²) in [4.78, 5) is 15.3. The number of nitrogens with zero attached hydrogens (tertiary/aromatic N) is 2. The van der Waals surface area contributed by atoms with E-state index >= 15 is 0 Å². The summed E-state index contributed by atoms with van der Waals surface area (Å²) in [6, 6.07) is 12.0. The van der Waals surface area contributed by atoms with Crippen LogP contribution in [0.1, 0.15) is 29.7 Å². The fraction of sp³-hybridized carbons (Fsp3) is 0.250. The maximum absolute atomic E-state index is 13.4. The molecule has 184 valence electrons. The van der Waals surface area contributed by atoms with Crippen LogP contribution < -0.4 is 9.04 Å². The molecule has 0 amide bonds. The van der Waals surface area contributed by atoms with Gasteiger partial charge in [0.1, 0.15) is 5.75 Å². The molecule has 1 aliphatic heterocycles. The number of hydrogen-bond donors (Lipinski definition) is 1. The number of alkyl halides is 3. The molecule has 7 nitrogen and oxygen atoms in total. The largest absolute Gasteiger partial charge is 0.482 e. The topological polar surface area (TPSA) is 96.8 Å². The molecule has 0 spiro atoms. The van der Waals surface area contributed by atoms with Crippen LogP contribution in [0, 0.1) is 6.92 Å². The molecule has 1 atom stereocenters. The zero-order chi connectivity index (χ0) is 25.5. The molecule has 2 heterocycles. The van der Waals surface area contributed by atoms with Gasteiger partial charge in [-0.05, 0) is 55.0 Å². The molecule has 1 aliphatic rings. The van der Waals surface area contributed by atoms with Crippen LogP contribution >= 0.6 is 0 Å². The molecule has 0 saturated heterocycles. The molecule has 0 aliphatic carbocycles. The van der Waals surface area contributed by atoms with Crippen molar-refractivity contribution in [3.63, 3.8) is 0 Å². The summed E-state index contributed by atoms with van der Waals surface area (Å²) in [5.41, 5.74) is 1.57. The molecule has 1 aromatic heterocycles. The maximum Gasteiger partial charge on any atom is 0.416 e. The number of aromatic nitrogens is 1. The molecule has 4 rings (SSSR count). The van der Waals surface area contributed by atoms with Gasteiger partial charge in [-0.25, -0.2) is 13.2 Å². The molecule has 1 unspecified atom stereocenters. The van der Waals surface area contributed by atoms with Gasteiger partial charge in [0, 0.05) is 18.0 Å². The van der Waals surface area contributed by atoms with Gasteiger partial charge in [-0.3, -0.25) is 9.29 Å². The number of carbonyl (C=O) groups is 1. The predicted octanol–water partition coefficient (Wildman–Crippen LogP) is 4.85. The summed E-state index contributed by atoms with van der Waals surface area (Å²) in [6.45, 7) is 3.05. The number of fused-ring (bicyclic) bond motifs is 1. The minimum absolute atomic E-state index is 0.0181. The van der Waals surface area contributed by atoms with Gasteiger partial charge in [-0.1, -0.05) is 19.1 Å². The number of ether oxygens (including phenoxy) is 1. The molecule has 0 saturated carbocycles. The molecular weight excluding hydrogens is 485 g/mol. The van der Waals surface area contributed by atoms with Crippen molar-refractivity contribution in [1.82, 2.24) is 4.98 Å². The van der Waals surface area contributed by atoms with E-state index in [1.807, 2.05) is 6.92 Å². The van der Waals surface area contributed by atoms with Crippen molar-refractivity contribution >= 4 is 21.7 Å². The summed E-state index contributed by atoms with van der Waals surface area (Å²) < 4.78 is 71.8. The number of hydrogen-bond acceptors (Lipinski definition) is 5. The number of benzene rings is 2. The second kappa shape index (κ2) is 8.88. The smallest absolute Gasteiger partial charge is 0.416 e. The Morgan fingerprint density at radius 1 is 1.14 bits per heavy atom. The average Bonchev–Trinajstić information content (AvgIpc) is 3.14. The quantitative estimate of drug-likeness (QED) is 0.513. The highest BCUT2D eigenvalue weighted by molar-refractivity contribution is 7.92. The molecule has 0 radical (unpaired) electrons. The van der Waals surface area contributed by atoms with Crippen molar-refractivity contribution in [2.24, 2.45) is 0 Å². The van der Waals surface area contributed by atoms with E-state index in [2.05, 4.69) is 4.98 Å². The van der Waals surface area contributed by atoms with Crippen LogP contribution in [0.5, 0.6) is 5.75 Å². The van der Waals surface area contributed by atoms with Crippen LogP contribution in [0.3, 0.4) is 0 Å². The second-order valence-electron chi connectivity index (χ2n) is 8.22. The molecule has 1 N–H and O–H groups in total. The van der Waals surface area contributed by atoms with Crippen LogP contribution in [-0.2, 0) is 21.0 Å². The third kappa shape index (κ3) is 4.81. The van der Waals surface area contributed by atoms with E-state index < -0.39 is 34.3 Å². The Kier molecular flexibility index (Phi) is 6.22. The van der Waals surface area contributed by atoms with E-state index in [0.29, 0.717) is 28.2 Å². The average molecular weight is 507 g/mol. The van der Waals surface area contributed by atoms with E-state index in [1.165, 1.54) is 34.6 Å². The van der Waals surface area contributed by atoms with Crippen molar-refractivity contribution < 1.29 is 36.2 Å². The maximum atomic E-state index is 13.4. The van der Waals surface area contributed by atoms with Crippen molar-refractivity contribution in [3.8, 4) is 17.0 Å². The van der Waals surface area contributed by atoms with Crippen molar-refractivity contribution in [3.05, 3.63) is 71.4 Å². The zero-order valence-electron chi connectivity index (χ0n) is 18.7. The lowest BCUT2D eigenvalue weighted by atomic mass is 10.1. The number of pyridine rings is 1. The minimum Gasteiger partial charge on any atom is -0.482 e. The number of rotatable bonds is 6.